The van der Waals surface area contributed by atoms with Gasteiger partial charge in [0.25, 0.3) is 0 Å². The van der Waals surface area contributed by atoms with Gasteiger partial charge in [0.05, 0.1) is 11.4 Å². The summed E-state index contributed by atoms with van der Waals surface area (Å²) in [5.74, 6) is 0. The number of pyridine rings is 2. The number of hydrogen-bond acceptors (Lipinski definition) is 4. The van der Waals surface area contributed by atoms with E-state index in [9.17, 15) is 0 Å². The first kappa shape index (κ1) is 18.2. The zero-order valence-electron chi connectivity index (χ0n) is 15.4. The van der Waals surface area contributed by atoms with Gasteiger partial charge in [-0.3, -0.25) is 9.97 Å². The molecule has 0 radical (unpaired) electrons. The predicted molar refractivity (Wildman–Crippen MR) is 106 cm³/mol. The summed E-state index contributed by atoms with van der Waals surface area (Å²) in [4.78, 5) is 8.87. The quantitative estimate of drug-likeness (QED) is 0.480. The normalized spacial score (nSPS) is 10.8. The first-order valence-corrected chi connectivity index (χ1v) is 9.58. The van der Waals surface area contributed by atoms with E-state index in [4.69, 9.17) is 0 Å². The second-order valence-corrected chi connectivity index (χ2v) is 6.55. The molecule has 0 saturated carbocycles. The molecule has 0 aromatic carbocycles. The lowest BCUT2D eigenvalue weighted by atomic mass is 10.0. The van der Waals surface area contributed by atoms with Gasteiger partial charge in [-0.2, -0.15) is 0 Å². The summed E-state index contributed by atoms with van der Waals surface area (Å²) in [5, 5.41) is 8.90. The molecule has 3 aromatic heterocycles. The lowest BCUT2D eigenvalue weighted by Crippen LogP contribution is -2.00. The summed E-state index contributed by atoms with van der Waals surface area (Å²) in [6, 6.07) is 13.9. The Bertz CT molecular complexity index is 788. The predicted octanol–water partition coefficient (Wildman–Crippen LogP) is 5.50. The largest absolute Gasteiger partial charge is 0.255 e. The molecule has 0 spiro atoms. The van der Waals surface area contributed by atoms with Crippen LogP contribution >= 0.6 is 0 Å². The number of hydrogen-bond donors (Lipinski definition) is 0. The Hall–Kier alpha value is -2.62. The van der Waals surface area contributed by atoms with Crippen LogP contribution in [0.3, 0.4) is 0 Å². The molecule has 134 valence electrons. The van der Waals surface area contributed by atoms with Gasteiger partial charge in [-0.1, -0.05) is 51.2 Å². The van der Waals surface area contributed by atoms with E-state index in [0.717, 1.165) is 35.6 Å². The third-order valence-corrected chi connectivity index (χ3v) is 4.51. The highest BCUT2D eigenvalue weighted by atomic mass is 15.1. The minimum absolute atomic E-state index is 0.825. The van der Waals surface area contributed by atoms with Crippen LogP contribution in [0.25, 0.3) is 22.8 Å². The second kappa shape index (κ2) is 9.76. The standard InChI is InChI=1S/C22H26N4/c1-2-3-4-5-6-7-12-18-17-21(19-13-8-10-15-23-19)25-26-22(18)20-14-9-11-16-24-20/h8-11,13-17H,2-7,12H2,1H3. The van der Waals surface area contributed by atoms with Crippen molar-refractivity contribution in [3.8, 4) is 22.8 Å². The number of aromatic nitrogens is 4. The third kappa shape index (κ3) is 4.94. The van der Waals surface area contributed by atoms with Gasteiger partial charge in [0.1, 0.15) is 11.4 Å². The molecule has 0 aliphatic heterocycles. The topological polar surface area (TPSA) is 51.6 Å². The molecule has 0 N–H and O–H groups in total. The molecule has 4 heteroatoms. The van der Waals surface area contributed by atoms with Crippen molar-refractivity contribution in [2.24, 2.45) is 0 Å². The lowest BCUT2D eigenvalue weighted by Gasteiger charge is -2.10. The molecule has 0 unspecified atom stereocenters. The number of nitrogens with zero attached hydrogens (tertiary/aromatic N) is 4. The molecule has 3 aromatic rings. The lowest BCUT2D eigenvalue weighted by molar-refractivity contribution is 0.607. The maximum atomic E-state index is 4.50. The van der Waals surface area contributed by atoms with Crippen LogP contribution in [0.1, 0.15) is 51.0 Å². The van der Waals surface area contributed by atoms with E-state index < -0.39 is 0 Å². The fourth-order valence-corrected chi connectivity index (χ4v) is 3.07. The smallest absolute Gasteiger partial charge is 0.115 e. The van der Waals surface area contributed by atoms with Gasteiger partial charge < -0.3 is 0 Å². The average molecular weight is 346 g/mol. The van der Waals surface area contributed by atoms with Gasteiger partial charge in [-0.15, -0.1) is 10.2 Å². The molecule has 0 saturated heterocycles. The fraction of sp³-hybridized carbons (Fsp3) is 0.364. The van der Waals surface area contributed by atoms with Crippen LogP contribution in [0.15, 0.2) is 54.9 Å². The molecule has 3 rings (SSSR count). The van der Waals surface area contributed by atoms with Crippen molar-refractivity contribution < 1.29 is 0 Å². The van der Waals surface area contributed by atoms with Crippen LogP contribution in [-0.4, -0.2) is 20.2 Å². The molecule has 0 bridgehead atoms. The number of unbranched alkanes of at least 4 members (excludes halogenated alkanes) is 5. The van der Waals surface area contributed by atoms with Crippen molar-refractivity contribution in [1.82, 2.24) is 20.2 Å². The van der Waals surface area contributed by atoms with Gasteiger partial charge in [-0.25, -0.2) is 0 Å². The Balaban J connectivity index is 1.80. The Morgan fingerprint density at radius 2 is 1.38 bits per heavy atom. The van der Waals surface area contributed by atoms with Crippen molar-refractivity contribution in [3.63, 3.8) is 0 Å². The molecule has 26 heavy (non-hydrogen) atoms. The van der Waals surface area contributed by atoms with Crippen LogP contribution in [0.5, 0.6) is 0 Å². The van der Waals surface area contributed by atoms with E-state index in [2.05, 4.69) is 33.2 Å². The summed E-state index contributed by atoms with van der Waals surface area (Å²) in [5.41, 5.74) is 4.66. The Kier molecular flexibility index (Phi) is 6.82. The first-order chi connectivity index (χ1) is 12.9. The van der Waals surface area contributed by atoms with Crippen molar-refractivity contribution in [3.05, 3.63) is 60.4 Å². The van der Waals surface area contributed by atoms with Gasteiger partial charge in [0.15, 0.2) is 0 Å². The maximum absolute atomic E-state index is 4.50. The molecule has 0 aliphatic rings. The van der Waals surface area contributed by atoms with Crippen molar-refractivity contribution in [2.45, 2.75) is 51.9 Å². The first-order valence-electron chi connectivity index (χ1n) is 9.58. The Labute approximate surface area is 155 Å². The molecule has 0 aliphatic carbocycles. The molecular formula is C22H26N4. The molecule has 0 atom stereocenters. The van der Waals surface area contributed by atoms with Gasteiger partial charge in [-0.05, 0) is 48.7 Å². The summed E-state index contributed by atoms with van der Waals surface area (Å²) in [7, 11) is 0. The summed E-state index contributed by atoms with van der Waals surface area (Å²) >= 11 is 0. The van der Waals surface area contributed by atoms with Gasteiger partial charge in [0.2, 0.25) is 0 Å². The molecule has 4 nitrogen and oxygen atoms in total. The van der Waals surface area contributed by atoms with Crippen molar-refractivity contribution >= 4 is 0 Å². The maximum Gasteiger partial charge on any atom is 0.115 e. The highest BCUT2D eigenvalue weighted by Crippen LogP contribution is 2.24. The van der Waals surface area contributed by atoms with Crippen LogP contribution in [0, 0.1) is 0 Å². The summed E-state index contributed by atoms with van der Waals surface area (Å²) in [6.45, 7) is 2.25. The van der Waals surface area contributed by atoms with E-state index in [1.165, 1.54) is 37.7 Å². The van der Waals surface area contributed by atoms with Crippen LogP contribution in [-0.2, 0) is 6.42 Å². The van der Waals surface area contributed by atoms with Crippen molar-refractivity contribution in [2.75, 3.05) is 0 Å². The fourth-order valence-electron chi connectivity index (χ4n) is 3.07. The zero-order valence-corrected chi connectivity index (χ0v) is 15.4. The summed E-state index contributed by atoms with van der Waals surface area (Å²) in [6.07, 6.45) is 12.3. The molecule has 0 fully saturated rings. The molecule has 0 amide bonds. The average Bonchev–Trinajstić information content (AvgIpc) is 2.72. The SMILES string of the molecule is CCCCCCCCc1cc(-c2ccccn2)nnc1-c1ccccn1. The van der Waals surface area contributed by atoms with E-state index in [1.807, 2.05) is 36.4 Å². The Morgan fingerprint density at radius 1 is 0.692 bits per heavy atom. The number of rotatable bonds is 9. The second-order valence-electron chi connectivity index (χ2n) is 6.55. The van der Waals surface area contributed by atoms with Crippen LogP contribution in [0.4, 0.5) is 0 Å². The minimum Gasteiger partial charge on any atom is -0.255 e. The van der Waals surface area contributed by atoms with Crippen LogP contribution in [0.2, 0.25) is 0 Å². The van der Waals surface area contributed by atoms with Gasteiger partial charge in [0, 0.05) is 12.4 Å². The van der Waals surface area contributed by atoms with E-state index in [0.29, 0.717) is 0 Å². The third-order valence-electron chi connectivity index (χ3n) is 4.51. The highest BCUT2D eigenvalue weighted by Gasteiger charge is 2.12. The van der Waals surface area contributed by atoms with Crippen molar-refractivity contribution in [1.29, 1.82) is 0 Å². The van der Waals surface area contributed by atoms with E-state index >= 15 is 0 Å². The highest BCUT2D eigenvalue weighted by molar-refractivity contribution is 5.63. The Morgan fingerprint density at radius 3 is 2.08 bits per heavy atom. The van der Waals surface area contributed by atoms with E-state index in [-0.39, 0.29) is 0 Å². The van der Waals surface area contributed by atoms with E-state index in [1.54, 1.807) is 12.4 Å². The summed E-state index contributed by atoms with van der Waals surface area (Å²) < 4.78 is 0. The van der Waals surface area contributed by atoms with Gasteiger partial charge >= 0.3 is 0 Å². The number of aryl methyl sites for hydroxylation is 1. The monoisotopic (exact) mass is 346 g/mol. The zero-order chi connectivity index (χ0) is 18.0. The van der Waals surface area contributed by atoms with Crippen LogP contribution < -0.4 is 0 Å². The molecule has 3 heterocycles. The molecular weight excluding hydrogens is 320 g/mol. The minimum atomic E-state index is 0.825.